The predicted molar refractivity (Wildman–Crippen MR) is 87.4 cm³/mol. The topological polar surface area (TPSA) is 154 Å². The number of anilines is 1. The van der Waals surface area contributed by atoms with Gasteiger partial charge in [-0.05, 0) is 12.2 Å². The Morgan fingerprint density at radius 2 is 1.92 bits per heavy atom. The Hall–Kier alpha value is -1.04. The van der Waals surface area contributed by atoms with Crippen molar-refractivity contribution in [1.29, 1.82) is 0 Å². The van der Waals surface area contributed by atoms with Gasteiger partial charge in [0.1, 0.15) is 6.42 Å². The van der Waals surface area contributed by atoms with Gasteiger partial charge in [0.15, 0.2) is 5.11 Å². The molecule has 13 heteroatoms. The summed E-state index contributed by atoms with van der Waals surface area (Å²) in [5.74, 6) is -0.982. The SMILES string of the molecule is CC(=O)Nc1cccc([As](=O)(O)OO)c1.O=C1CC(=O)NC(=S)N1.[H-].[Na+]. The second kappa shape index (κ2) is 10.8. The van der Waals surface area contributed by atoms with Crippen LogP contribution < -0.4 is 49.9 Å². The predicted octanol–water partition coefficient (Wildman–Crippen LogP) is -4.27. The van der Waals surface area contributed by atoms with E-state index in [0.717, 1.165) is 0 Å². The van der Waals surface area contributed by atoms with Gasteiger partial charge in [-0.25, -0.2) is 0 Å². The van der Waals surface area contributed by atoms with Crippen molar-refractivity contribution in [2.75, 3.05) is 5.32 Å². The Labute approximate surface area is 174 Å². The molecule has 1 atom stereocenters. The maximum Gasteiger partial charge on any atom is 1.00 e. The maximum atomic E-state index is 11.3. The number of rotatable bonds is 3. The van der Waals surface area contributed by atoms with E-state index >= 15 is 0 Å². The molecule has 2 rings (SSSR count). The van der Waals surface area contributed by atoms with Crippen LogP contribution >= 0.6 is 12.2 Å². The van der Waals surface area contributed by atoms with Crippen LogP contribution in [0.3, 0.4) is 0 Å². The summed E-state index contributed by atoms with van der Waals surface area (Å²) in [4.78, 5) is 31.6. The molecule has 0 saturated carbocycles. The first kappa shape index (κ1) is 24.0. The first-order valence-corrected chi connectivity index (χ1v) is 10.0. The van der Waals surface area contributed by atoms with Crippen LogP contribution in [0.5, 0.6) is 0 Å². The van der Waals surface area contributed by atoms with Gasteiger partial charge >= 0.3 is 118 Å². The van der Waals surface area contributed by atoms with E-state index in [4.69, 9.17) is 5.26 Å². The normalized spacial score (nSPS) is 15.4. The number of thiocarbonyl (C=S) groups is 1. The van der Waals surface area contributed by atoms with Crippen LogP contribution in [-0.4, -0.2) is 46.4 Å². The zero-order chi connectivity index (χ0) is 18.3. The largest absolute Gasteiger partial charge is 1.00 e. The van der Waals surface area contributed by atoms with E-state index in [2.05, 4.69) is 32.0 Å². The fourth-order valence-electron chi connectivity index (χ4n) is 1.53. The summed E-state index contributed by atoms with van der Waals surface area (Å²) in [6.45, 7) is 1.32. The molecule has 10 nitrogen and oxygen atoms in total. The van der Waals surface area contributed by atoms with E-state index in [0.29, 0.717) is 5.69 Å². The van der Waals surface area contributed by atoms with Crippen molar-refractivity contribution >= 4 is 59.3 Å². The minimum absolute atomic E-state index is 0. The van der Waals surface area contributed by atoms with E-state index in [9.17, 15) is 22.2 Å². The van der Waals surface area contributed by atoms with Gasteiger partial charge in [0.25, 0.3) is 0 Å². The van der Waals surface area contributed by atoms with Gasteiger partial charge in [-0.3, -0.25) is 9.59 Å². The van der Waals surface area contributed by atoms with Gasteiger partial charge in [-0.2, -0.15) is 0 Å². The van der Waals surface area contributed by atoms with Crippen LogP contribution in [-0.2, 0) is 22.0 Å². The van der Waals surface area contributed by atoms with Crippen LogP contribution in [0, 0.1) is 0 Å². The molecule has 1 saturated heterocycles. The Kier molecular flexibility index (Phi) is 10.4. The van der Waals surface area contributed by atoms with Gasteiger partial charge < -0.3 is 12.1 Å². The van der Waals surface area contributed by atoms with Crippen molar-refractivity contribution < 1.29 is 62.3 Å². The number of nitrogens with one attached hydrogen (secondary N) is 3. The van der Waals surface area contributed by atoms with Crippen LogP contribution in [0.25, 0.3) is 0 Å². The van der Waals surface area contributed by atoms with Crippen LogP contribution in [0.15, 0.2) is 24.3 Å². The molecular weight excluding hydrogens is 428 g/mol. The van der Waals surface area contributed by atoms with Gasteiger partial charge in [0.05, 0.1) is 0 Å². The van der Waals surface area contributed by atoms with Gasteiger partial charge in [-0.1, -0.05) is 0 Å². The summed E-state index contributed by atoms with van der Waals surface area (Å²) < 4.78 is 23.9. The Morgan fingerprint density at radius 1 is 1.36 bits per heavy atom. The molecule has 0 spiro atoms. The third-order valence-electron chi connectivity index (χ3n) is 2.43. The smallest absolute Gasteiger partial charge is 1.00 e. The van der Waals surface area contributed by atoms with Crippen LogP contribution in [0.2, 0.25) is 0 Å². The first-order chi connectivity index (χ1) is 11.1. The van der Waals surface area contributed by atoms with E-state index in [-0.39, 0.29) is 64.6 Å². The van der Waals surface area contributed by atoms with E-state index in [1.807, 2.05) is 0 Å². The molecule has 0 aliphatic carbocycles. The second-order valence-electron chi connectivity index (χ2n) is 4.44. The van der Waals surface area contributed by atoms with E-state index in [1.54, 1.807) is 6.07 Å². The number of benzene rings is 1. The second-order valence-corrected chi connectivity index (χ2v) is 8.45. The minimum atomic E-state index is -4.83. The molecule has 1 aromatic carbocycles. The van der Waals surface area contributed by atoms with Gasteiger partial charge in [-0.15, -0.1) is 0 Å². The van der Waals surface area contributed by atoms with E-state index in [1.165, 1.54) is 25.1 Å². The number of hydrogen-bond acceptors (Lipinski definition) is 7. The number of carbonyl (C=O) groups is 3. The molecule has 1 fully saturated rings. The molecule has 1 aliphatic heterocycles. The Bertz CT molecular complexity index is 691. The van der Waals surface area contributed by atoms with E-state index < -0.39 is 14.2 Å². The summed E-state index contributed by atoms with van der Waals surface area (Å²) >= 11 is -0.330. The zero-order valence-corrected chi connectivity index (χ0v) is 18.0. The summed E-state index contributed by atoms with van der Waals surface area (Å²) in [7, 11) is 0. The Morgan fingerprint density at radius 3 is 2.36 bits per heavy atom. The van der Waals surface area contributed by atoms with Gasteiger partial charge in [0, 0.05) is 0 Å². The van der Waals surface area contributed by atoms with Crippen LogP contribution in [0.1, 0.15) is 14.8 Å². The average Bonchev–Trinajstić information content (AvgIpc) is 2.46. The Balaban J connectivity index is 0. The molecule has 1 aromatic rings. The van der Waals surface area contributed by atoms with Crippen molar-refractivity contribution in [3.8, 4) is 0 Å². The van der Waals surface area contributed by atoms with Crippen molar-refractivity contribution in [1.82, 2.24) is 10.6 Å². The number of carbonyl (C=O) groups excluding carboxylic acids is 3. The first-order valence-electron chi connectivity index (χ1n) is 6.32. The van der Waals surface area contributed by atoms with Gasteiger partial charge in [0.2, 0.25) is 11.8 Å². The molecule has 0 aromatic heterocycles. The van der Waals surface area contributed by atoms with Crippen LogP contribution in [0.4, 0.5) is 5.69 Å². The maximum absolute atomic E-state index is 11.3. The zero-order valence-electron chi connectivity index (χ0n) is 14.3. The molecule has 0 radical (unpaired) electrons. The molecule has 1 aliphatic rings. The fraction of sp³-hybridized carbons (Fsp3) is 0.167. The van der Waals surface area contributed by atoms with Crippen molar-refractivity contribution in [3.63, 3.8) is 0 Å². The summed E-state index contributed by atoms with van der Waals surface area (Å²) in [5, 5.41) is 15.3. The van der Waals surface area contributed by atoms with Crippen molar-refractivity contribution in [2.45, 2.75) is 13.3 Å². The third kappa shape index (κ3) is 8.75. The molecule has 25 heavy (non-hydrogen) atoms. The summed E-state index contributed by atoms with van der Waals surface area (Å²) in [6.07, 6.45) is -0.125. The minimum Gasteiger partial charge on any atom is -1.00 e. The molecule has 5 N–H and O–H groups in total. The fourth-order valence-corrected chi connectivity index (χ4v) is 3.16. The molecule has 3 amide bonds. The standard InChI is InChI=1S/C8H10AsNO5.C4H4N2O2S.Na.H/c1-6(11)10-8-4-2-3-7(5-8)9(12,13)15-14;7-2-1-3(8)6-4(9)5-2;;/h2-5,14H,1H3,(H,10,11)(H,12,13);1H2,(H2,5,6,7,8,9);;/q;;+1;-1. The third-order valence-corrected chi connectivity index (χ3v) is 5.05. The number of amides is 3. The summed E-state index contributed by atoms with van der Waals surface area (Å²) in [5.41, 5.74) is 0.368. The molecule has 0 bridgehead atoms. The number of hydrogen-bond donors (Lipinski definition) is 5. The molecule has 1 heterocycles. The van der Waals surface area contributed by atoms with Crippen molar-refractivity contribution in [2.24, 2.45) is 0 Å². The quantitative estimate of drug-likeness (QED) is 0.103. The molecule has 1 unspecified atom stereocenters. The van der Waals surface area contributed by atoms with Crippen molar-refractivity contribution in [3.05, 3.63) is 24.3 Å². The molecular formula is C12H15AsN3NaO7S. The monoisotopic (exact) mass is 443 g/mol. The summed E-state index contributed by atoms with van der Waals surface area (Å²) in [6, 6.07) is 5.64. The molecule has 132 valence electrons. The average molecular weight is 443 g/mol.